The largest absolute Gasteiger partial charge is 0.493 e. The van der Waals surface area contributed by atoms with Crippen molar-refractivity contribution >= 4 is 0 Å². The van der Waals surface area contributed by atoms with Crippen molar-refractivity contribution in [3.05, 3.63) is 47.6 Å². The Morgan fingerprint density at radius 2 is 2.00 bits per heavy atom. The normalized spacial score (nSPS) is 17.5. The van der Waals surface area contributed by atoms with Crippen molar-refractivity contribution in [3.8, 4) is 11.5 Å². The van der Waals surface area contributed by atoms with Crippen LogP contribution in [-0.2, 0) is 6.42 Å². The summed E-state index contributed by atoms with van der Waals surface area (Å²) in [6, 6.07) is 6.17. The average Bonchev–Trinajstić information content (AvgIpc) is 2.60. The monoisotopic (exact) mass is 329 g/mol. The van der Waals surface area contributed by atoms with Gasteiger partial charge in [0.05, 0.1) is 14.2 Å². The Morgan fingerprint density at radius 3 is 2.58 bits per heavy atom. The molecule has 1 aromatic carbocycles. The highest BCUT2D eigenvalue weighted by Crippen LogP contribution is 2.29. The van der Waals surface area contributed by atoms with Gasteiger partial charge in [-0.1, -0.05) is 29.9 Å². The van der Waals surface area contributed by atoms with E-state index in [2.05, 4.69) is 43.7 Å². The SMILES string of the molecule is C=C(C)[C@H]1CC=C(CN(C)CCc2ccc(OC)c(OC)c2)CC1. The third kappa shape index (κ3) is 5.13. The Bertz CT molecular complexity index is 592. The van der Waals surface area contributed by atoms with Gasteiger partial charge < -0.3 is 14.4 Å². The summed E-state index contributed by atoms with van der Waals surface area (Å²) in [6.07, 6.45) is 7.06. The second-order valence-electron chi connectivity index (χ2n) is 6.86. The molecule has 1 aliphatic rings. The van der Waals surface area contributed by atoms with Crippen LogP contribution in [0.2, 0.25) is 0 Å². The molecule has 0 radical (unpaired) electrons. The molecule has 0 aliphatic heterocycles. The molecule has 0 aromatic heterocycles. The van der Waals surface area contributed by atoms with Gasteiger partial charge in [0, 0.05) is 13.1 Å². The quantitative estimate of drug-likeness (QED) is 0.656. The van der Waals surface area contributed by atoms with Gasteiger partial charge in [0.15, 0.2) is 11.5 Å². The molecule has 1 aliphatic carbocycles. The van der Waals surface area contributed by atoms with E-state index in [4.69, 9.17) is 9.47 Å². The van der Waals surface area contributed by atoms with E-state index in [1.807, 2.05) is 6.07 Å². The molecular weight excluding hydrogens is 298 g/mol. The van der Waals surface area contributed by atoms with Gasteiger partial charge in [0.1, 0.15) is 0 Å². The van der Waals surface area contributed by atoms with Gasteiger partial charge in [-0.05, 0) is 63.3 Å². The highest BCUT2D eigenvalue weighted by atomic mass is 16.5. The van der Waals surface area contributed by atoms with Crippen molar-refractivity contribution < 1.29 is 9.47 Å². The summed E-state index contributed by atoms with van der Waals surface area (Å²) in [4.78, 5) is 2.41. The summed E-state index contributed by atoms with van der Waals surface area (Å²) < 4.78 is 10.7. The highest BCUT2D eigenvalue weighted by Gasteiger charge is 2.15. The molecule has 0 N–H and O–H groups in total. The molecular formula is C21H31NO2. The first kappa shape index (κ1) is 18.6. The second kappa shape index (κ2) is 8.93. The van der Waals surface area contributed by atoms with Gasteiger partial charge in [-0.15, -0.1) is 0 Å². The van der Waals surface area contributed by atoms with Crippen LogP contribution in [0.15, 0.2) is 42.0 Å². The Morgan fingerprint density at radius 1 is 1.25 bits per heavy atom. The summed E-state index contributed by atoms with van der Waals surface area (Å²) >= 11 is 0. The van der Waals surface area contributed by atoms with E-state index < -0.39 is 0 Å². The molecule has 0 amide bonds. The van der Waals surface area contributed by atoms with E-state index in [0.29, 0.717) is 5.92 Å². The average molecular weight is 329 g/mol. The maximum Gasteiger partial charge on any atom is 0.160 e. The second-order valence-corrected chi connectivity index (χ2v) is 6.86. The Hall–Kier alpha value is -1.74. The summed E-state index contributed by atoms with van der Waals surface area (Å²) in [5.41, 5.74) is 4.17. The van der Waals surface area contributed by atoms with E-state index in [1.165, 1.54) is 24.0 Å². The lowest BCUT2D eigenvalue weighted by molar-refractivity contribution is 0.349. The minimum Gasteiger partial charge on any atom is -0.493 e. The fraction of sp³-hybridized carbons (Fsp3) is 0.524. The maximum absolute atomic E-state index is 5.38. The van der Waals surface area contributed by atoms with Crippen LogP contribution in [-0.4, -0.2) is 39.3 Å². The zero-order chi connectivity index (χ0) is 17.5. The van der Waals surface area contributed by atoms with Crippen molar-refractivity contribution in [2.45, 2.75) is 32.6 Å². The molecule has 3 heteroatoms. The fourth-order valence-electron chi connectivity index (χ4n) is 3.26. The predicted molar refractivity (Wildman–Crippen MR) is 101 cm³/mol. The molecule has 1 aromatic rings. The maximum atomic E-state index is 5.38. The third-order valence-electron chi connectivity index (χ3n) is 4.91. The van der Waals surface area contributed by atoms with Gasteiger partial charge in [0.25, 0.3) is 0 Å². The van der Waals surface area contributed by atoms with Crippen LogP contribution >= 0.6 is 0 Å². The minimum absolute atomic E-state index is 0.686. The van der Waals surface area contributed by atoms with Crippen molar-refractivity contribution in [2.24, 2.45) is 5.92 Å². The number of ether oxygens (including phenoxy) is 2. The number of hydrogen-bond donors (Lipinski definition) is 0. The Balaban J connectivity index is 1.83. The lowest BCUT2D eigenvalue weighted by Gasteiger charge is -2.25. The Kier molecular flexibility index (Phi) is 6.92. The number of benzene rings is 1. The molecule has 2 rings (SSSR count). The lowest BCUT2D eigenvalue weighted by Crippen LogP contribution is -2.25. The summed E-state index contributed by atoms with van der Waals surface area (Å²) in [7, 11) is 5.55. The van der Waals surface area contributed by atoms with Crippen LogP contribution in [0.25, 0.3) is 0 Å². The first-order valence-electron chi connectivity index (χ1n) is 8.76. The van der Waals surface area contributed by atoms with Crippen molar-refractivity contribution in [3.63, 3.8) is 0 Å². The van der Waals surface area contributed by atoms with Crippen LogP contribution in [0.5, 0.6) is 11.5 Å². The molecule has 0 saturated carbocycles. The number of likely N-dealkylation sites (N-methyl/N-ethyl adjacent to an activating group) is 1. The van der Waals surface area contributed by atoms with Gasteiger partial charge in [-0.2, -0.15) is 0 Å². The van der Waals surface area contributed by atoms with Crippen molar-refractivity contribution in [1.29, 1.82) is 0 Å². The smallest absolute Gasteiger partial charge is 0.160 e. The molecule has 0 bridgehead atoms. The van der Waals surface area contributed by atoms with Gasteiger partial charge in [-0.25, -0.2) is 0 Å². The first-order chi connectivity index (χ1) is 11.5. The van der Waals surface area contributed by atoms with Crippen LogP contribution in [0.4, 0.5) is 0 Å². The molecule has 24 heavy (non-hydrogen) atoms. The fourth-order valence-corrected chi connectivity index (χ4v) is 3.26. The number of nitrogens with zero attached hydrogens (tertiary/aromatic N) is 1. The van der Waals surface area contributed by atoms with E-state index in [9.17, 15) is 0 Å². The first-order valence-corrected chi connectivity index (χ1v) is 8.76. The zero-order valence-corrected chi connectivity index (χ0v) is 15.6. The number of rotatable bonds is 8. The topological polar surface area (TPSA) is 21.7 Å². The molecule has 0 saturated heterocycles. The molecule has 0 unspecified atom stereocenters. The standard InChI is InChI=1S/C21H31NO2/c1-16(2)19-9-6-18(7-10-19)15-22(3)13-12-17-8-11-20(23-4)21(14-17)24-5/h6,8,11,14,19H,1,7,9-10,12-13,15H2,2-5H3/t19-/m0/s1. The molecule has 3 nitrogen and oxygen atoms in total. The van der Waals surface area contributed by atoms with Gasteiger partial charge in [0.2, 0.25) is 0 Å². The van der Waals surface area contributed by atoms with Gasteiger partial charge in [-0.3, -0.25) is 0 Å². The number of allylic oxidation sites excluding steroid dienone is 2. The van der Waals surface area contributed by atoms with Crippen molar-refractivity contribution in [2.75, 3.05) is 34.4 Å². The molecule has 0 spiro atoms. The van der Waals surface area contributed by atoms with Crippen LogP contribution in [0, 0.1) is 5.92 Å². The zero-order valence-electron chi connectivity index (χ0n) is 15.6. The highest BCUT2D eigenvalue weighted by molar-refractivity contribution is 5.42. The van der Waals surface area contributed by atoms with E-state index >= 15 is 0 Å². The van der Waals surface area contributed by atoms with E-state index in [0.717, 1.165) is 37.4 Å². The number of methoxy groups -OCH3 is 2. The van der Waals surface area contributed by atoms with Crippen LogP contribution in [0.1, 0.15) is 31.7 Å². The minimum atomic E-state index is 0.686. The van der Waals surface area contributed by atoms with Crippen LogP contribution in [0.3, 0.4) is 0 Å². The third-order valence-corrected chi connectivity index (χ3v) is 4.91. The lowest BCUT2D eigenvalue weighted by atomic mass is 9.85. The Labute approximate surface area is 147 Å². The summed E-state index contributed by atoms with van der Waals surface area (Å²) in [6.45, 7) is 8.35. The number of hydrogen-bond acceptors (Lipinski definition) is 3. The summed E-state index contributed by atoms with van der Waals surface area (Å²) in [5, 5.41) is 0. The molecule has 1 atom stereocenters. The summed E-state index contributed by atoms with van der Waals surface area (Å²) in [5.74, 6) is 2.28. The van der Waals surface area contributed by atoms with Gasteiger partial charge >= 0.3 is 0 Å². The molecule has 0 heterocycles. The molecule has 132 valence electrons. The van der Waals surface area contributed by atoms with Crippen LogP contribution < -0.4 is 9.47 Å². The predicted octanol–water partition coefficient (Wildman–Crippen LogP) is 4.48. The van der Waals surface area contributed by atoms with Crippen molar-refractivity contribution in [1.82, 2.24) is 4.90 Å². The van der Waals surface area contributed by atoms with E-state index in [1.54, 1.807) is 19.8 Å². The molecule has 0 fully saturated rings. The van der Waals surface area contributed by atoms with E-state index in [-0.39, 0.29) is 0 Å².